The van der Waals surface area contributed by atoms with Gasteiger partial charge in [-0.1, -0.05) is 19.1 Å². The van der Waals surface area contributed by atoms with Crippen molar-refractivity contribution in [2.45, 2.75) is 33.7 Å². The van der Waals surface area contributed by atoms with E-state index in [0.29, 0.717) is 0 Å². The van der Waals surface area contributed by atoms with Crippen molar-refractivity contribution in [3.63, 3.8) is 0 Å². The normalized spacial score (nSPS) is 9.23. The van der Waals surface area contributed by atoms with Crippen molar-refractivity contribution in [2.24, 2.45) is 0 Å². The number of halogens is 3. The topological polar surface area (TPSA) is 27.3 Å². The van der Waals surface area contributed by atoms with E-state index in [4.69, 9.17) is 0 Å². The van der Waals surface area contributed by atoms with Crippen LogP contribution in [0.1, 0.15) is 32.8 Å². The van der Waals surface area contributed by atoms with E-state index < -0.39 is 0 Å². The second-order valence-corrected chi connectivity index (χ2v) is 4.72. The first kappa shape index (κ1) is 26.7. The molecule has 0 bridgehead atoms. The van der Waals surface area contributed by atoms with Gasteiger partial charge in [-0.25, -0.2) is 0 Å². The molecule has 0 saturated carbocycles. The summed E-state index contributed by atoms with van der Waals surface area (Å²) in [4.78, 5) is 2.37. The van der Waals surface area contributed by atoms with Crippen molar-refractivity contribution in [1.82, 2.24) is 10.6 Å². The molecule has 0 aliphatic rings. The third-order valence-electron chi connectivity index (χ3n) is 3.35. The average molecular weight is 373 g/mol. The summed E-state index contributed by atoms with van der Waals surface area (Å²) in [5.41, 5.74) is 2.68. The van der Waals surface area contributed by atoms with Crippen LogP contribution in [0, 0.1) is 0 Å². The summed E-state index contributed by atoms with van der Waals surface area (Å²) in [5, 5.41) is 6.82. The van der Waals surface area contributed by atoms with E-state index in [1.165, 1.54) is 17.7 Å². The zero-order valence-electron chi connectivity index (χ0n) is 13.9. The quantitative estimate of drug-likeness (QED) is 0.610. The molecule has 22 heavy (non-hydrogen) atoms. The van der Waals surface area contributed by atoms with Gasteiger partial charge in [0.1, 0.15) is 0 Å². The van der Waals surface area contributed by atoms with Gasteiger partial charge in [0.25, 0.3) is 0 Å². The molecule has 6 heteroatoms. The summed E-state index contributed by atoms with van der Waals surface area (Å²) in [6, 6.07) is 8.90. The van der Waals surface area contributed by atoms with Gasteiger partial charge in [-0.2, -0.15) is 0 Å². The minimum absolute atomic E-state index is 0. The van der Waals surface area contributed by atoms with Gasteiger partial charge in [-0.3, -0.25) is 0 Å². The van der Waals surface area contributed by atoms with Crippen molar-refractivity contribution in [3.8, 4) is 0 Å². The Labute approximate surface area is 154 Å². The van der Waals surface area contributed by atoms with Crippen LogP contribution in [-0.4, -0.2) is 32.7 Å². The number of hydrogen-bond acceptors (Lipinski definition) is 3. The monoisotopic (exact) mass is 371 g/mol. The van der Waals surface area contributed by atoms with E-state index in [1.807, 2.05) is 0 Å². The van der Waals surface area contributed by atoms with E-state index in [1.54, 1.807) is 0 Å². The predicted molar refractivity (Wildman–Crippen MR) is 107 cm³/mol. The number of benzene rings is 1. The molecule has 1 rings (SSSR count). The second kappa shape index (κ2) is 17.2. The van der Waals surface area contributed by atoms with Crippen LogP contribution < -0.4 is 15.5 Å². The molecular formula is C16H32Cl3N3. The molecule has 0 aromatic heterocycles. The zero-order chi connectivity index (χ0) is 13.9. The highest BCUT2D eigenvalue weighted by Crippen LogP contribution is 2.14. The van der Waals surface area contributed by atoms with Gasteiger partial charge in [0.05, 0.1) is 0 Å². The minimum atomic E-state index is 0. The maximum atomic E-state index is 3.48. The predicted octanol–water partition coefficient (Wildman–Crippen LogP) is 3.89. The number of rotatable bonds is 10. The number of hydrogen-bond donors (Lipinski definition) is 2. The van der Waals surface area contributed by atoms with Gasteiger partial charge in [-0.05, 0) is 57.6 Å². The fraction of sp³-hybridized carbons (Fsp3) is 0.625. The molecule has 1 aromatic rings. The Balaban J connectivity index is -0.00000120. The van der Waals surface area contributed by atoms with Crippen molar-refractivity contribution in [3.05, 3.63) is 29.8 Å². The summed E-state index contributed by atoms with van der Waals surface area (Å²) in [7, 11) is 0. The van der Waals surface area contributed by atoms with Gasteiger partial charge in [0, 0.05) is 25.3 Å². The maximum Gasteiger partial charge on any atom is 0.0366 e. The van der Waals surface area contributed by atoms with Crippen molar-refractivity contribution in [2.75, 3.05) is 37.6 Å². The highest BCUT2D eigenvalue weighted by molar-refractivity contribution is 5.86. The molecule has 0 radical (unpaired) electrons. The lowest BCUT2D eigenvalue weighted by molar-refractivity contribution is 0.606. The largest absolute Gasteiger partial charge is 0.372 e. The summed E-state index contributed by atoms with van der Waals surface area (Å²) in [6.07, 6.45) is 1.19. The van der Waals surface area contributed by atoms with Gasteiger partial charge in [-0.15, -0.1) is 37.2 Å². The summed E-state index contributed by atoms with van der Waals surface area (Å²) >= 11 is 0. The van der Waals surface area contributed by atoms with Crippen molar-refractivity contribution < 1.29 is 0 Å². The molecular weight excluding hydrogens is 341 g/mol. The van der Waals surface area contributed by atoms with E-state index in [-0.39, 0.29) is 37.2 Å². The minimum Gasteiger partial charge on any atom is -0.372 e. The van der Waals surface area contributed by atoms with Gasteiger partial charge in [0.2, 0.25) is 0 Å². The number of anilines is 1. The highest BCUT2D eigenvalue weighted by Gasteiger charge is 2.00. The van der Waals surface area contributed by atoms with Crippen LogP contribution >= 0.6 is 37.2 Å². The Bertz CT molecular complexity index is 330. The molecule has 2 N–H and O–H groups in total. The Morgan fingerprint density at radius 2 is 1.36 bits per heavy atom. The Morgan fingerprint density at radius 3 is 1.86 bits per heavy atom. The smallest absolute Gasteiger partial charge is 0.0366 e. The van der Waals surface area contributed by atoms with Crippen molar-refractivity contribution in [1.29, 1.82) is 0 Å². The molecule has 1 aromatic carbocycles. The van der Waals surface area contributed by atoms with E-state index in [9.17, 15) is 0 Å². The Hall–Kier alpha value is -0.190. The molecule has 0 unspecified atom stereocenters. The molecule has 0 amide bonds. The van der Waals surface area contributed by atoms with Crippen LogP contribution in [0.15, 0.2) is 24.3 Å². The van der Waals surface area contributed by atoms with E-state index in [2.05, 4.69) is 60.6 Å². The van der Waals surface area contributed by atoms with Gasteiger partial charge >= 0.3 is 0 Å². The van der Waals surface area contributed by atoms with Crippen LogP contribution in [-0.2, 0) is 6.54 Å². The van der Waals surface area contributed by atoms with E-state index >= 15 is 0 Å². The first-order chi connectivity index (χ1) is 9.31. The standard InChI is InChI=1S/C16H29N3.3ClH/c1-4-17-12-7-13-18-14-15-8-10-16(11-9-15)19(5-2)6-3;;;/h8-11,17-18H,4-7,12-14H2,1-3H3;3*1H. The maximum absolute atomic E-state index is 3.48. The SMILES string of the molecule is CCNCCCNCc1ccc(N(CC)CC)cc1.Cl.Cl.Cl. The molecule has 3 nitrogen and oxygen atoms in total. The van der Waals surface area contributed by atoms with Crippen LogP contribution in [0.5, 0.6) is 0 Å². The first-order valence-corrected chi connectivity index (χ1v) is 7.57. The zero-order valence-corrected chi connectivity index (χ0v) is 16.4. The third kappa shape index (κ3) is 10.5. The summed E-state index contributed by atoms with van der Waals surface area (Å²) < 4.78 is 0. The van der Waals surface area contributed by atoms with Gasteiger partial charge < -0.3 is 15.5 Å². The molecule has 0 fully saturated rings. The number of nitrogens with one attached hydrogen (secondary N) is 2. The van der Waals surface area contributed by atoms with Crippen molar-refractivity contribution >= 4 is 42.9 Å². The summed E-state index contributed by atoms with van der Waals surface area (Å²) in [6.45, 7) is 12.9. The van der Waals surface area contributed by atoms with Crippen LogP contribution in [0.3, 0.4) is 0 Å². The second-order valence-electron chi connectivity index (χ2n) is 4.72. The van der Waals surface area contributed by atoms with Crippen LogP contribution in [0.25, 0.3) is 0 Å². The van der Waals surface area contributed by atoms with Crippen LogP contribution in [0.2, 0.25) is 0 Å². The fourth-order valence-electron chi connectivity index (χ4n) is 2.16. The first-order valence-electron chi connectivity index (χ1n) is 7.57. The molecule has 132 valence electrons. The number of nitrogens with zero attached hydrogens (tertiary/aromatic N) is 1. The summed E-state index contributed by atoms with van der Waals surface area (Å²) in [5.74, 6) is 0. The van der Waals surface area contributed by atoms with E-state index in [0.717, 1.165) is 39.3 Å². The lowest BCUT2D eigenvalue weighted by Crippen LogP contribution is -2.22. The molecule has 0 heterocycles. The highest BCUT2D eigenvalue weighted by atomic mass is 35.5. The molecule has 0 aliphatic heterocycles. The lowest BCUT2D eigenvalue weighted by atomic mass is 10.2. The van der Waals surface area contributed by atoms with Crippen LogP contribution in [0.4, 0.5) is 5.69 Å². The lowest BCUT2D eigenvalue weighted by Gasteiger charge is -2.21. The molecule has 0 spiro atoms. The average Bonchev–Trinajstić information content (AvgIpc) is 2.45. The molecule has 0 saturated heterocycles. The Morgan fingerprint density at radius 1 is 0.818 bits per heavy atom. The molecule has 0 aliphatic carbocycles. The van der Waals surface area contributed by atoms with Gasteiger partial charge in [0.15, 0.2) is 0 Å². The molecule has 0 atom stereocenters. The third-order valence-corrected chi connectivity index (χ3v) is 3.35. The fourth-order valence-corrected chi connectivity index (χ4v) is 2.16. The Kier molecular flexibility index (Phi) is 20.8.